The van der Waals surface area contributed by atoms with Gasteiger partial charge in [-0.2, -0.15) is 0 Å². The number of hydrogen-bond acceptors (Lipinski definition) is 4. The molecule has 4 rings (SSSR count). The highest BCUT2D eigenvalue weighted by Gasteiger charge is 2.13. The third kappa shape index (κ3) is 1.86. The minimum absolute atomic E-state index is 0.256. The molecule has 3 aromatic heterocycles. The van der Waals surface area contributed by atoms with Crippen molar-refractivity contribution in [2.45, 2.75) is 6.92 Å². The summed E-state index contributed by atoms with van der Waals surface area (Å²) in [6.45, 7) is 1.98. The van der Waals surface area contributed by atoms with E-state index < -0.39 is 0 Å². The van der Waals surface area contributed by atoms with E-state index in [-0.39, 0.29) is 11.1 Å². The summed E-state index contributed by atoms with van der Waals surface area (Å²) in [5.74, 6) is 0. The Morgan fingerprint density at radius 3 is 1.77 bits per heavy atom. The maximum Gasteiger partial charge on any atom is 0.266 e. The van der Waals surface area contributed by atoms with Crippen LogP contribution in [0.4, 0.5) is 0 Å². The molecule has 108 valence electrons. The zero-order valence-corrected chi connectivity index (χ0v) is 13.3. The zero-order chi connectivity index (χ0) is 15.3. The summed E-state index contributed by atoms with van der Waals surface area (Å²) >= 11 is 3.00. The van der Waals surface area contributed by atoms with Gasteiger partial charge < -0.3 is 0 Å². The number of fused-ring (bicyclic) bond motifs is 3. The second-order valence-corrected chi connectivity index (χ2v) is 6.94. The standard InChI is InChI=1S/C17H11NO2S2/c1-10-2-4-11(5-3-10)18-16(19)12-6-8-21-14(12)15-13(17(18)20)7-9-22-15/h2-9H,1H3. The Bertz CT molecular complexity index is 1050. The molecule has 0 N–H and O–H groups in total. The van der Waals surface area contributed by atoms with Crippen molar-refractivity contribution in [3.63, 3.8) is 0 Å². The van der Waals surface area contributed by atoms with Gasteiger partial charge in [0.1, 0.15) is 0 Å². The van der Waals surface area contributed by atoms with Gasteiger partial charge in [0.2, 0.25) is 0 Å². The number of thiophene rings is 2. The van der Waals surface area contributed by atoms with Crippen molar-refractivity contribution in [2.75, 3.05) is 0 Å². The van der Waals surface area contributed by atoms with E-state index in [1.807, 2.05) is 41.9 Å². The fourth-order valence-corrected chi connectivity index (χ4v) is 4.54. The number of benzene rings is 1. The summed E-state index contributed by atoms with van der Waals surface area (Å²) in [5, 5.41) is 4.99. The average molecular weight is 325 g/mol. The Hall–Kier alpha value is -2.24. The van der Waals surface area contributed by atoms with Gasteiger partial charge in [-0.05, 0) is 41.9 Å². The molecule has 0 amide bonds. The molecule has 0 aliphatic carbocycles. The van der Waals surface area contributed by atoms with E-state index in [9.17, 15) is 9.59 Å². The van der Waals surface area contributed by atoms with Crippen LogP contribution in [0.2, 0.25) is 0 Å². The minimum atomic E-state index is -0.256. The number of aromatic nitrogens is 1. The highest BCUT2D eigenvalue weighted by atomic mass is 32.1. The molecule has 0 unspecified atom stereocenters. The van der Waals surface area contributed by atoms with E-state index in [4.69, 9.17) is 0 Å². The molecule has 5 heteroatoms. The second kappa shape index (κ2) is 4.90. The van der Waals surface area contributed by atoms with Gasteiger partial charge in [0.15, 0.2) is 0 Å². The molecule has 0 bridgehead atoms. The third-order valence-corrected chi connectivity index (χ3v) is 5.69. The van der Waals surface area contributed by atoms with Crippen LogP contribution in [0.1, 0.15) is 5.56 Å². The Morgan fingerprint density at radius 1 is 0.773 bits per heavy atom. The highest BCUT2D eigenvalue weighted by molar-refractivity contribution is 7.25. The lowest BCUT2D eigenvalue weighted by Gasteiger charge is -2.02. The Balaban J connectivity index is 2.28. The maximum atomic E-state index is 12.9. The number of aryl methyl sites for hydroxylation is 1. The monoisotopic (exact) mass is 325 g/mol. The van der Waals surface area contributed by atoms with Crippen LogP contribution in [0.25, 0.3) is 25.9 Å². The summed E-state index contributed by atoms with van der Waals surface area (Å²) in [6, 6.07) is 11.0. The first-order valence-electron chi connectivity index (χ1n) is 6.77. The fraction of sp³-hybridized carbons (Fsp3) is 0.0588. The van der Waals surface area contributed by atoms with E-state index >= 15 is 0 Å². The normalized spacial score (nSPS) is 11.3. The van der Waals surface area contributed by atoms with Gasteiger partial charge in [-0.15, -0.1) is 22.7 Å². The van der Waals surface area contributed by atoms with E-state index in [0.29, 0.717) is 16.5 Å². The van der Waals surface area contributed by atoms with Crippen molar-refractivity contribution >= 4 is 42.8 Å². The van der Waals surface area contributed by atoms with Crippen molar-refractivity contribution in [1.82, 2.24) is 4.57 Å². The molecule has 22 heavy (non-hydrogen) atoms. The van der Waals surface area contributed by atoms with Crippen molar-refractivity contribution in [3.8, 4) is 5.69 Å². The second-order valence-electron chi connectivity index (χ2n) is 5.11. The van der Waals surface area contributed by atoms with Crippen LogP contribution < -0.4 is 11.1 Å². The van der Waals surface area contributed by atoms with Gasteiger partial charge in [-0.3, -0.25) is 9.59 Å². The summed E-state index contributed by atoms with van der Waals surface area (Å²) in [4.78, 5) is 25.8. The van der Waals surface area contributed by atoms with Crippen LogP contribution in [-0.4, -0.2) is 4.57 Å². The lowest BCUT2D eigenvalue weighted by molar-refractivity contribution is 0.975. The van der Waals surface area contributed by atoms with Crippen LogP contribution >= 0.6 is 22.7 Å². The fourth-order valence-electron chi connectivity index (χ4n) is 2.57. The van der Waals surface area contributed by atoms with Crippen molar-refractivity contribution < 1.29 is 0 Å². The van der Waals surface area contributed by atoms with E-state index in [1.165, 1.54) is 27.2 Å². The molecule has 3 nitrogen and oxygen atoms in total. The number of rotatable bonds is 1. The third-order valence-electron chi connectivity index (χ3n) is 3.70. The summed E-state index contributed by atoms with van der Waals surface area (Å²) < 4.78 is 3.06. The summed E-state index contributed by atoms with van der Waals surface area (Å²) in [7, 11) is 0. The smallest absolute Gasteiger partial charge is 0.266 e. The minimum Gasteiger partial charge on any atom is -0.268 e. The molecule has 0 fully saturated rings. The van der Waals surface area contributed by atoms with Gasteiger partial charge in [0.05, 0.1) is 25.9 Å². The van der Waals surface area contributed by atoms with Gasteiger partial charge in [0.25, 0.3) is 11.1 Å². The van der Waals surface area contributed by atoms with E-state index in [2.05, 4.69) is 0 Å². The van der Waals surface area contributed by atoms with Gasteiger partial charge in [-0.1, -0.05) is 17.7 Å². The largest absolute Gasteiger partial charge is 0.268 e. The molecule has 1 aromatic carbocycles. The number of hydrogen-bond donors (Lipinski definition) is 0. The van der Waals surface area contributed by atoms with Crippen molar-refractivity contribution in [3.05, 3.63) is 73.4 Å². The molecule has 0 aliphatic heterocycles. The molecule has 0 spiro atoms. The van der Waals surface area contributed by atoms with Crippen LogP contribution in [0.3, 0.4) is 0 Å². The first-order valence-corrected chi connectivity index (χ1v) is 8.53. The molecule has 0 aliphatic rings. The Labute approximate surface area is 133 Å². The molecular formula is C17H11NO2S2. The molecule has 0 saturated carbocycles. The first kappa shape index (κ1) is 13.4. The topological polar surface area (TPSA) is 39.1 Å². The molecule has 0 radical (unpaired) electrons. The molecule has 0 atom stereocenters. The molecule has 4 aromatic rings. The molecule has 3 heterocycles. The molecular weight excluding hydrogens is 314 g/mol. The van der Waals surface area contributed by atoms with Gasteiger partial charge in [0, 0.05) is 0 Å². The van der Waals surface area contributed by atoms with Crippen LogP contribution in [0.5, 0.6) is 0 Å². The van der Waals surface area contributed by atoms with E-state index in [1.54, 1.807) is 12.1 Å². The zero-order valence-electron chi connectivity index (χ0n) is 11.7. The molecule has 0 saturated heterocycles. The number of nitrogens with zero attached hydrogens (tertiary/aromatic N) is 1. The first-order chi connectivity index (χ1) is 10.7. The SMILES string of the molecule is Cc1ccc(-n2c(=O)c3ccsc3c3sccc3c2=O)cc1. The van der Waals surface area contributed by atoms with Crippen LogP contribution in [0.15, 0.2) is 56.7 Å². The Morgan fingerprint density at radius 2 is 1.27 bits per heavy atom. The average Bonchev–Trinajstić information content (AvgIpc) is 3.15. The van der Waals surface area contributed by atoms with Crippen molar-refractivity contribution in [1.29, 1.82) is 0 Å². The predicted molar refractivity (Wildman–Crippen MR) is 93.8 cm³/mol. The highest BCUT2D eigenvalue weighted by Crippen LogP contribution is 2.29. The van der Waals surface area contributed by atoms with E-state index in [0.717, 1.165) is 15.0 Å². The van der Waals surface area contributed by atoms with Crippen LogP contribution in [-0.2, 0) is 0 Å². The van der Waals surface area contributed by atoms with Gasteiger partial charge >= 0.3 is 0 Å². The quantitative estimate of drug-likeness (QED) is 0.532. The summed E-state index contributed by atoms with van der Waals surface area (Å²) in [6.07, 6.45) is 0. The maximum absolute atomic E-state index is 12.9. The Kier molecular flexibility index (Phi) is 2.99. The van der Waals surface area contributed by atoms with Crippen molar-refractivity contribution in [2.24, 2.45) is 0 Å². The van der Waals surface area contributed by atoms with Crippen LogP contribution in [0, 0.1) is 6.92 Å². The van der Waals surface area contributed by atoms with Gasteiger partial charge in [-0.25, -0.2) is 4.57 Å². The lowest BCUT2D eigenvalue weighted by atomic mass is 10.2. The lowest BCUT2D eigenvalue weighted by Crippen LogP contribution is -2.28. The summed E-state index contributed by atoms with van der Waals surface area (Å²) in [5.41, 5.74) is 1.18. The predicted octanol–water partition coefficient (Wildman–Crippen LogP) is 3.94.